The number of hydrogen-bond donors (Lipinski definition) is 0. The largest absolute Gasteiger partial charge is 0.400 e. The van der Waals surface area contributed by atoms with Crippen LogP contribution in [-0.2, 0) is 6.54 Å². The van der Waals surface area contributed by atoms with Gasteiger partial charge >= 0.3 is 0 Å². The molecule has 5 rings (SSSR count). The SMILES string of the molecule is [B]n1c2c(c3ccccc31)CN1CCC2CC1. The molecule has 2 radical (unpaired) electrons. The quantitative estimate of drug-likeness (QED) is 0.620. The second-order valence-electron chi connectivity index (χ2n) is 5.30. The number of aromatic nitrogens is 1. The molecule has 0 saturated carbocycles. The van der Waals surface area contributed by atoms with Gasteiger partial charge in [0.25, 0.3) is 0 Å². The number of hydrogen-bond acceptors (Lipinski definition) is 1. The lowest BCUT2D eigenvalue weighted by molar-refractivity contribution is 0.220. The first-order valence-electron chi connectivity index (χ1n) is 6.44. The molecule has 3 aliphatic rings. The molecule has 3 heteroatoms. The molecule has 0 aliphatic carbocycles. The maximum absolute atomic E-state index is 6.31. The van der Waals surface area contributed by atoms with Gasteiger partial charge in [0.05, 0.1) is 0 Å². The van der Waals surface area contributed by atoms with Crippen molar-refractivity contribution in [3.05, 3.63) is 35.5 Å². The fraction of sp³-hybridized carbons (Fsp3) is 0.429. The average molecular weight is 222 g/mol. The van der Waals surface area contributed by atoms with Gasteiger partial charge < -0.3 is 4.48 Å². The predicted molar refractivity (Wildman–Crippen MR) is 70.3 cm³/mol. The lowest BCUT2D eigenvalue weighted by Gasteiger charge is -2.27. The fourth-order valence-corrected chi connectivity index (χ4v) is 3.55. The molecule has 0 amide bonds. The number of piperidine rings is 1. The second-order valence-corrected chi connectivity index (χ2v) is 5.30. The molecule has 1 aromatic heterocycles. The van der Waals surface area contributed by atoms with Gasteiger partial charge in [-0.3, -0.25) is 4.90 Å². The molecule has 2 nitrogen and oxygen atoms in total. The van der Waals surface area contributed by atoms with Crippen LogP contribution in [0.4, 0.5) is 0 Å². The third-order valence-electron chi connectivity index (χ3n) is 4.41. The number of rotatable bonds is 0. The zero-order valence-corrected chi connectivity index (χ0v) is 9.89. The van der Waals surface area contributed by atoms with E-state index in [1.54, 1.807) is 0 Å². The maximum atomic E-state index is 6.31. The van der Waals surface area contributed by atoms with Crippen LogP contribution in [0.3, 0.4) is 0 Å². The normalized spacial score (nSPS) is 27.1. The van der Waals surface area contributed by atoms with Crippen molar-refractivity contribution in [1.29, 1.82) is 0 Å². The highest BCUT2D eigenvalue weighted by atomic mass is 15.1. The monoisotopic (exact) mass is 222 g/mol. The topological polar surface area (TPSA) is 8.17 Å². The van der Waals surface area contributed by atoms with E-state index in [0.717, 1.165) is 6.54 Å². The molecule has 84 valence electrons. The summed E-state index contributed by atoms with van der Waals surface area (Å²) in [6.07, 6.45) is 2.53. The smallest absolute Gasteiger partial charge is 0.234 e. The summed E-state index contributed by atoms with van der Waals surface area (Å²) in [7, 11) is 6.31. The molecule has 4 heterocycles. The van der Waals surface area contributed by atoms with Gasteiger partial charge in [-0.25, -0.2) is 0 Å². The van der Waals surface area contributed by atoms with E-state index in [4.69, 9.17) is 7.98 Å². The summed E-state index contributed by atoms with van der Waals surface area (Å²) in [4.78, 5) is 2.56. The Morgan fingerprint density at radius 1 is 1.12 bits per heavy atom. The van der Waals surface area contributed by atoms with E-state index in [0.29, 0.717) is 5.92 Å². The Morgan fingerprint density at radius 2 is 1.88 bits per heavy atom. The van der Waals surface area contributed by atoms with Crippen LogP contribution >= 0.6 is 0 Å². The van der Waals surface area contributed by atoms with Crippen LogP contribution in [0.5, 0.6) is 0 Å². The van der Waals surface area contributed by atoms with Gasteiger partial charge in [-0.1, -0.05) is 18.2 Å². The molecular weight excluding hydrogens is 207 g/mol. The maximum Gasteiger partial charge on any atom is 0.234 e. The van der Waals surface area contributed by atoms with Crippen molar-refractivity contribution >= 4 is 18.9 Å². The predicted octanol–water partition coefficient (Wildman–Crippen LogP) is 2.27. The van der Waals surface area contributed by atoms with E-state index in [1.165, 1.54) is 48.1 Å². The highest BCUT2D eigenvalue weighted by Crippen LogP contribution is 2.39. The Kier molecular flexibility index (Phi) is 1.95. The van der Waals surface area contributed by atoms with Gasteiger partial charge in [0.1, 0.15) is 0 Å². The van der Waals surface area contributed by atoms with E-state index < -0.39 is 0 Å². The van der Waals surface area contributed by atoms with Crippen molar-refractivity contribution in [2.45, 2.75) is 25.3 Å². The molecule has 2 aromatic rings. The van der Waals surface area contributed by atoms with Crippen molar-refractivity contribution in [3.63, 3.8) is 0 Å². The summed E-state index contributed by atoms with van der Waals surface area (Å²) in [5.74, 6) is 0.668. The Morgan fingerprint density at radius 3 is 2.71 bits per heavy atom. The molecule has 0 atom stereocenters. The Hall–Kier alpha value is -1.22. The van der Waals surface area contributed by atoms with Crippen molar-refractivity contribution in [3.8, 4) is 0 Å². The molecule has 1 saturated heterocycles. The highest BCUT2D eigenvalue weighted by Gasteiger charge is 2.31. The van der Waals surface area contributed by atoms with Crippen LogP contribution < -0.4 is 0 Å². The molecule has 1 fully saturated rings. The third-order valence-corrected chi connectivity index (χ3v) is 4.41. The molecule has 3 aliphatic heterocycles. The van der Waals surface area contributed by atoms with Gasteiger partial charge in [-0.2, -0.15) is 0 Å². The Balaban J connectivity index is 2.06. The van der Waals surface area contributed by atoms with Gasteiger partial charge in [0.15, 0.2) is 0 Å². The number of para-hydroxylation sites is 1. The van der Waals surface area contributed by atoms with Gasteiger partial charge in [0, 0.05) is 29.1 Å². The highest BCUT2D eigenvalue weighted by molar-refractivity contribution is 6.13. The number of benzene rings is 1. The van der Waals surface area contributed by atoms with E-state index in [1.807, 2.05) is 4.48 Å². The van der Waals surface area contributed by atoms with Gasteiger partial charge in [-0.15, -0.1) is 0 Å². The first-order valence-corrected chi connectivity index (χ1v) is 6.44. The molecule has 0 N–H and O–H groups in total. The van der Waals surface area contributed by atoms with Gasteiger partial charge in [-0.05, 0) is 37.6 Å². The van der Waals surface area contributed by atoms with E-state index >= 15 is 0 Å². The second kappa shape index (κ2) is 3.39. The minimum absolute atomic E-state index is 0.668. The standard InChI is InChI=1S/C14H15BN2/c15-17-13-4-2-1-3-11(13)12-9-16-7-5-10(6-8-16)14(12)17/h1-4,10H,5-9H2. The molecule has 0 spiro atoms. The summed E-state index contributed by atoms with van der Waals surface area (Å²) in [5.41, 5.74) is 4.06. The van der Waals surface area contributed by atoms with E-state index in [9.17, 15) is 0 Å². The summed E-state index contributed by atoms with van der Waals surface area (Å²) in [6.45, 7) is 3.54. The lowest BCUT2D eigenvalue weighted by atomic mass is 9.93. The Bertz CT molecular complexity index is 579. The fourth-order valence-electron chi connectivity index (χ4n) is 3.55. The lowest BCUT2D eigenvalue weighted by Crippen LogP contribution is -2.29. The first kappa shape index (κ1) is 9.78. The van der Waals surface area contributed by atoms with Crippen molar-refractivity contribution in [2.24, 2.45) is 0 Å². The zero-order chi connectivity index (χ0) is 11.4. The number of nitrogens with zero attached hydrogens (tertiary/aromatic N) is 2. The van der Waals surface area contributed by atoms with Crippen molar-refractivity contribution in [2.75, 3.05) is 13.1 Å². The van der Waals surface area contributed by atoms with Crippen molar-refractivity contribution < 1.29 is 0 Å². The summed E-state index contributed by atoms with van der Waals surface area (Å²) >= 11 is 0. The molecule has 2 bridgehead atoms. The van der Waals surface area contributed by atoms with Crippen LogP contribution in [0.15, 0.2) is 24.3 Å². The van der Waals surface area contributed by atoms with Crippen LogP contribution in [-0.4, -0.2) is 30.4 Å². The third kappa shape index (κ3) is 1.26. The first-order chi connectivity index (χ1) is 8.34. The van der Waals surface area contributed by atoms with Crippen molar-refractivity contribution in [1.82, 2.24) is 9.38 Å². The Labute approximate surface area is 103 Å². The summed E-state index contributed by atoms with van der Waals surface area (Å²) < 4.78 is 1.95. The van der Waals surface area contributed by atoms with Crippen LogP contribution in [0, 0.1) is 0 Å². The van der Waals surface area contributed by atoms with E-state index in [-0.39, 0.29) is 0 Å². The van der Waals surface area contributed by atoms with Crippen LogP contribution in [0.25, 0.3) is 10.9 Å². The van der Waals surface area contributed by atoms with Crippen LogP contribution in [0.1, 0.15) is 30.0 Å². The van der Waals surface area contributed by atoms with E-state index in [2.05, 4.69) is 29.2 Å². The summed E-state index contributed by atoms with van der Waals surface area (Å²) in [5, 5.41) is 1.35. The average Bonchev–Trinajstić information content (AvgIpc) is 2.56. The number of fused-ring (bicyclic) bond motifs is 3. The van der Waals surface area contributed by atoms with Crippen LogP contribution in [0.2, 0.25) is 0 Å². The molecule has 17 heavy (non-hydrogen) atoms. The summed E-state index contributed by atoms with van der Waals surface area (Å²) in [6, 6.07) is 8.53. The molecular formula is C14H15BN2. The molecule has 0 unspecified atom stereocenters. The minimum Gasteiger partial charge on any atom is -0.400 e. The zero-order valence-electron chi connectivity index (χ0n) is 9.89. The van der Waals surface area contributed by atoms with Gasteiger partial charge in [0.2, 0.25) is 7.98 Å². The minimum atomic E-state index is 0.668. The molecule has 1 aromatic carbocycles.